The number of hydrogen-bond acceptors (Lipinski definition) is 4. The maximum absolute atomic E-state index is 12.6. The van der Waals surface area contributed by atoms with E-state index in [2.05, 4.69) is 6.92 Å². The molecule has 0 spiro atoms. The van der Waals surface area contributed by atoms with Crippen molar-refractivity contribution in [3.05, 3.63) is 0 Å². The van der Waals surface area contributed by atoms with Crippen LogP contribution in [0.4, 0.5) is 4.79 Å². The van der Waals surface area contributed by atoms with Crippen LogP contribution in [-0.4, -0.2) is 43.3 Å². The molecule has 5 heteroatoms. The predicted octanol–water partition coefficient (Wildman–Crippen LogP) is 6.59. The molecule has 5 nitrogen and oxygen atoms in total. The second kappa shape index (κ2) is 15.6. The van der Waals surface area contributed by atoms with E-state index in [0.29, 0.717) is 19.6 Å². The normalized spacial score (nSPS) is 12.7. The SMILES string of the molecule is CCCCCCCCCCCOC(=O)C(CC(C)C)N(C)C(=O)OCC(C)(C)C. The second-order valence-corrected chi connectivity index (χ2v) is 9.87. The molecule has 0 N–H and O–H groups in total. The number of rotatable bonds is 15. The summed E-state index contributed by atoms with van der Waals surface area (Å²) in [5.74, 6) is -0.0494. The van der Waals surface area contributed by atoms with Crippen molar-refractivity contribution < 1.29 is 19.1 Å². The van der Waals surface area contributed by atoms with E-state index in [-0.39, 0.29) is 17.3 Å². The quantitative estimate of drug-likeness (QED) is 0.224. The summed E-state index contributed by atoms with van der Waals surface area (Å²) in [6, 6.07) is -0.596. The fourth-order valence-corrected chi connectivity index (χ4v) is 3.05. The van der Waals surface area contributed by atoms with Gasteiger partial charge in [-0.3, -0.25) is 4.90 Å². The molecule has 0 aliphatic rings. The standard InChI is InChI=1S/C24H47NO4/c1-8-9-10-11-12-13-14-15-16-17-28-22(26)21(18-20(2)3)25(7)23(27)29-19-24(4,5)6/h20-21H,8-19H2,1-7H3. The van der Waals surface area contributed by atoms with Crippen LogP contribution in [0, 0.1) is 11.3 Å². The zero-order valence-electron chi connectivity index (χ0n) is 20.2. The summed E-state index contributed by atoms with van der Waals surface area (Å²) in [5.41, 5.74) is -0.111. The molecule has 1 amide bonds. The first-order valence-corrected chi connectivity index (χ1v) is 11.6. The van der Waals surface area contributed by atoms with Crippen LogP contribution in [0.1, 0.15) is 106 Å². The first-order valence-electron chi connectivity index (χ1n) is 11.6. The fraction of sp³-hybridized carbons (Fsp3) is 0.917. The van der Waals surface area contributed by atoms with Crippen molar-refractivity contribution in [1.29, 1.82) is 0 Å². The van der Waals surface area contributed by atoms with Gasteiger partial charge in [-0.05, 0) is 24.2 Å². The number of esters is 1. The Morgan fingerprint density at radius 3 is 1.86 bits per heavy atom. The van der Waals surface area contributed by atoms with Crippen LogP contribution < -0.4 is 0 Å². The monoisotopic (exact) mass is 413 g/mol. The van der Waals surface area contributed by atoms with Crippen LogP contribution in [0.25, 0.3) is 0 Å². The van der Waals surface area contributed by atoms with Gasteiger partial charge in [0.1, 0.15) is 6.04 Å². The van der Waals surface area contributed by atoms with Crippen LogP contribution in [0.2, 0.25) is 0 Å². The lowest BCUT2D eigenvalue weighted by molar-refractivity contribution is -0.149. The average Bonchev–Trinajstić information content (AvgIpc) is 2.64. The van der Waals surface area contributed by atoms with Crippen molar-refractivity contribution in [2.75, 3.05) is 20.3 Å². The summed E-state index contributed by atoms with van der Waals surface area (Å²) >= 11 is 0. The van der Waals surface area contributed by atoms with E-state index in [4.69, 9.17) is 9.47 Å². The summed E-state index contributed by atoms with van der Waals surface area (Å²) < 4.78 is 10.9. The summed E-state index contributed by atoms with van der Waals surface area (Å²) in [7, 11) is 1.62. The number of carbonyl (C=O) groups is 2. The van der Waals surface area contributed by atoms with Gasteiger partial charge in [-0.2, -0.15) is 0 Å². The third kappa shape index (κ3) is 15.3. The molecule has 0 rings (SSSR count). The van der Waals surface area contributed by atoms with Crippen LogP contribution in [0.15, 0.2) is 0 Å². The van der Waals surface area contributed by atoms with Crippen molar-refractivity contribution in [3.8, 4) is 0 Å². The fourth-order valence-electron chi connectivity index (χ4n) is 3.05. The average molecular weight is 414 g/mol. The Labute approximate surface area is 179 Å². The molecule has 0 aromatic heterocycles. The lowest BCUT2D eigenvalue weighted by Crippen LogP contribution is -2.45. The molecule has 0 fully saturated rings. The van der Waals surface area contributed by atoms with Crippen molar-refractivity contribution in [2.24, 2.45) is 11.3 Å². The first kappa shape index (κ1) is 27.7. The molecule has 29 heavy (non-hydrogen) atoms. The van der Waals surface area contributed by atoms with E-state index in [1.807, 2.05) is 34.6 Å². The lowest BCUT2D eigenvalue weighted by Gasteiger charge is -2.28. The minimum absolute atomic E-state index is 0.111. The molecule has 0 saturated heterocycles. The predicted molar refractivity (Wildman–Crippen MR) is 120 cm³/mol. The third-order valence-corrected chi connectivity index (χ3v) is 4.84. The number of amides is 1. The zero-order chi connectivity index (χ0) is 22.3. The molecule has 0 bridgehead atoms. The topological polar surface area (TPSA) is 55.8 Å². The maximum Gasteiger partial charge on any atom is 0.410 e. The van der Waals surface area contributed by atoms with Crippen molar-refractivity contribution >= 4 is 12.1 Å². The van der Waals surface area contributed by atoms with Crippen molar-refractivity contribution in [2.45, 2.75) is 112 Å². The zero-order valence-corrected chi connectivity index (χ0v) is 20.2. The second-order valence-electron chi connectivity index (χ2n) is 9.87. The third-order valence-electron chi connectivity index (χ3n) is 4.84. The van der Waals surface area contributed by atoms with Gasteiger partial charge in [-0.1, -0.05) is 92.9 Å². The molecule has 0 radical (unpaired) electrons. The number of likely N-dealkylation sites (N-methyl/N-ethyl adjacent to an activating group) is 1. The van der Waals surface area contributed by atoms with Gasteiger partial charge in [0.15, 0.2) is 0 Å². The first-order chi connectivity index (χ1) is 13.6. The van der Waals surface area contributed by atoms with E-state index >= 15 is 0 Å². The maximum atomic E-state index is 12.6. The highest BCUT2D eigenvalue weighted by molar-refractivity contribution is 5.81. The molecule has 0 aliphatic heterocycles. The minimum atomic E-state index is -0.596. The molecular weight excluding hydrogens is 366 g/mol. The van der Waals surface area contributed by atoms with Crippen molar-refractivity contribution in [3.63, 3.8) is 0 Å². The van der Waals surface area contributed by atoms with Gasteiger partial charge in [0.2, 0.25) is 0 Å². The molecule has 0 saturated carbocycles. The summed E-state index contributed by atoms with van der Waals surface area (Å²) in [4.78, 5) is 26.3. The highest BCUT2D eigenvalue weighted by atomic mass is 16.6. The Hall–Kier alpha value is -1.26. The smallest absolute Gasteiger partial charge is 0.410 e. The van der Waals surface area contributed by atoms with Gasteiger partial charge in [0.25, 0.3) is 0 Å². The van der Waals surface area contributed by atoms with Gasteiger partial charge < -0.3 is 9.47 Å². The highest BCUT2D eigenvalue weighted by Crippen LogP contribution is 2.17. The largest absolute Gasteiger partial charge is 0.464 e. The Bertz CT molecular complexity index is 443. The van der Waals surface area contributed by atoms with Gasteiger partial charge in [0, 0.05) is 7.05 Å². The van der Waals surface area contributed by atoms with Gasteiger partial charge >= 0.3 is 12.1 Å². The number of hydrogen-bond donors (Lipinski definition) is 0. The van der Waals surface area contributed by atoms with E-state index in [1.54, 1.807) is 7.05 Å². The molecule has 0 aliphatic carbocycles. The van der Waals surface area contributed by atoms with Gasteiger partial charge in [-0.25, -0.2) is 9.59 Å². The van der Waals surface area contributed by atoms with E-state index in [9.17, 15) is 9.59 Å². The Morgan fingerprint density at radius 2 is 1.38 bits per heavy atom. The summed E-state index contributed by atoms with van der Waals surface area (Å²) in [6.45, 7) is 13.1. The summed E-state index contributed by atoms with van der Waals surface area (Å²) in [5, 5.41) is 0. The summed E-state index contributed by atoms with van der Waals surface area (Å²) in [6.07, 6.45) is 11.1. The van der Waals surface area contributed by atoms with Crippen LogP contribution in [-0.2, 0) is 14.3 Å². The van der Waals surface area contributed by atoms with Gasteiger partial charge in [-0.15, -0.1) is 0 Å². The molecule has 1 atom stereocenters. The van der Waals surface area contributed by atoms with Crippen LogP contribution in [0.3, 0.4) is 0 Å². The molecule has 0 heterocycles. The van der Waals surface area contributed by atoms with Crippen LogP contribution in [0.5, 0.6) is 0 Å². The van der Waals surface area contributed by atoms with E-state index < -0.39 is 12.1 Å². The Balaban J connectivity index is 4.25. The Kier molecular flexibility index (Phi) is 14.9. The molecule has 172 valence electrons. The highest BCUT2D eigenvalue weighted by Gasteiger charge is 2.30. The Morgan fingerprint density at radius 1 is 0.862 bits per heavy atom. The van der Waals surface area contributed by atoms with Crippen molar-refractivity contribution in [1.82, 2.24) is 4.90 Å². The molecule has 1 unspecified atom stereocenters. The van der Waals surface area contributed by atoms with E-state index in [1.165, 1.54) is 49.8 Å². The number of carbonyl (C=O) groups excluding carboxylic acids is 2. The number of unbranched alkanes of at least 4 members (excludes halogenated alkanes) is 8. The minimum Gasteiger partial charge on any atom is -0.464 e. The molecule has 0 aromatic rings. The van der Waals surface area contributed by atoms with E-state index in [0.717, 1.165) is 12.8 Å². The van der Waals surface area contributed by atoms with Crippen LogP contribution >= 0.6 is 0 Å². The lowest BCUT2D eigenvalue weighted by atomic mass is 9.99. The number of ether oxygens (including phenoxy) is 2. The molecular formula is C24H47NO4. The number of nitrogens with zero attached hydrogens (tertiary/aromatic N) is 1. The van der Waals surface area contributed by atoms with Gasteiger partial charge in [0.05, 0.1) is 13.2 Å². The molecule has 0 aromatic carbocycles.